The Kier molecular flexibility index (Phi) is 6.27. The fraction of sp³-hybridized carbons (Fsp3) is 0.389. The number of nitrogens with one attached hydrogen (secondary N) is 1. The van der Waals surface area contributed by atoms with Gasteiger partial charge in [0.1, 0.15) is 27.7 Å². The highest BCUT2D eigenvalue weighted by atomic mass is 32.2. The topological polar surface area (TPSA) is 139 Å². The summed E-state index contributed by atoms with van der Waals surface area (Å²) in [6.07, 6.45) is 5.26. The van der Waals surface area contributed by atoms with E-state index in [1.54, 1.807) is 32.4 Å². The molecule has 1 aromatic heterocycles. The summed E-state index contributed by atoms with van der Waals surface area (Å²) in [5.41, 5.74) is -0.770. The lowest BCUT2D eigenvalue weighted by Crippen LogP contribution is -2.73. The van der Waals surface area contributed by atoms with Crippen molar-refractivity contribution in [1.29, 1.82) is 0 Å². The summed E-state index contributed by atoms with van der Waals surface area (Å²) in [4.78, 5) is 45.4. The van der Waals surface area contributed by atoms with Crippen LogP contribution in [-0.2, 0) is 25.1 Å². The van der Waals surface area contributed by atoms with Crippen LogP contribution in [0.5, 0.6) is 0 Å². The Morgan fingerprint density at radius 1 is 1.40 bits per heavy atom. The van der Waals surface area contributed by atoms with Crippen LogP contribution in [0.1, 0.15) is 20.8 Å². The Labute approximate surface area is 179 Å². The van der Waals surface area contributed by atoms with Crippen molar-refractivity contribution in [3.63, 3.8) is 0 Å². The molecule has 2 amide bonds. The molecule has 3 atom stereocenters. The van der Waals surface area contributed by atoms with E-state index in [0.717, 1.165) is 4.90 Å². The number of carbonyl (C=O) groups is 3. The number of allylic oxidation sites excluding steroid dienone is 1. The number of nitrogens with zero attached hydrogens (tertiary/aromatic N) is 3. The summed E-state index contributed by atoms with van der Waals surface area (Å²) < 4.78 is 17.9. The van der Waals surface area contributed by atoms with Gasteiger partial charge in [-0.15, -0.1) is 0 Å². The second-order valence-electron chi connectivity index (χ2n) is 7.39. The molecule has 3 rings (SSSR count). The number of hydrogen-bond donors (Lipinski definition) is 2. The van der Waals surface area contributed by atoms with Crippen molar-refractivity contribution in [3.05, 3.63) is 41.3 Å². The Morgan fingerprint density at radius 3 is 2.73 bits per heavy atom. The monoisotopic (exact) mass is 452 g/mol. The SMILES string of the molecule is CC(C)(C)OC(=O)NC1C(=O)N2C(C(=O)O)=C(/C=C/Sc3cnccn3)CS(=O)[C@H]12. The van der Waals surface area contributed by atoms with Crippen LogP contribution in [0.4, 0.5) is 4.79 Å². The van der Waals surface area contributed by atoms with Crippen LogP contribution in [0.25, 0.3) is 0 Å². The van der Waals surface area contributed by atoms with Crippen molar-refractivity contribution in [1.82, 2.24) is 20.2 Å². The molecule has 1 saturated heterocycles. The number of alkyl carbamates (subject to hydrolysis) is 1. The zero-order chi connectivity index (χ0) is 22.1. The summed E-state index contributed by atoms with van der Waals surface area (Å²) in [5.74, 6) is -2.03. The number of amides is 2. The first kappa shape index (κ1) is 22.0. The molecule has 160 valence electrons. The number of fused-ring (bicyclic) bond motifs is 1. The number of ether oxygens (including phenoxy) is 1. The fourth-order valence-electron chi connectivity index (χ4n) is 2.90. The third-order valence-electron chi connectivity index (χ3n) is 4.03. The van der Waals surface area contributed by atoms with Gasteiger partial charge in [0.05, 0.1) is 22.7 Å². The fourth-order valence-corrected chi connectivity index (χ4v) is 5.16. The Morgan fingerprint density at radius 2 is 2.13 bits per heavy atom. The number of carboxylic acid groups (broad SMARTS) is 1. The molecule has 1 aromatic rings. The zero-order valence-electron chi connectivity index (χ0n) is 16.4. The Bertz CT molecular complexity index is 957. The van der Waals surface area contributed by atoms with E-state index < -0.39 is 45.8 Å². The third kappa shape index (κ3) is 4.70. The minimum absolute atomic E-state index is 0.0693. The van der Waals surface area contributed by atoms with Crippen molar-refractivity contribution in [3.8, 4) is 0 Å². The smallest absolute Gasteiger partial charge is 0.408 e. The maximum atomic E-state index is 12.7. The van der Waals surface area contributed by atoms with Crippen LogP contribution < -0.4 is 5.32 Å². The Hall–Kier alpha value is -2.73. The van der Waals surface area contributed by atoms with E-state index in [4.69, 9.17) is 4.74 Å². The molecule has 0 aliphatic carbocycles. The van der Waals surface area contributed by atoms with Gasteiger partial charge in [0.2, 0.25) is 0 Å². The third-order valence-corrected chi connectivity index (χ3v) is 6.37. The average molecular weight is 453 g/mol. The predicted octanol–water partition coefficient (Wildman–Crippen LogP) is 1.24. The number of rotatable bonds is 5. The standard InChI is InChI=1S/C18H20N4O6S2/c1-18(2,3)28-17(26)21-12-14(23)22-13(16(24)25)10(9-30(27)15(12)22)4-7-29-11-8-19-5-6-20-11/h4-8,12,15H,9H2,1-3H3,(H,21,26)(H,24,25)/b7-4+/t12?,15-,30?/m1/s1. The maximum absolute atomic E-state index is 12.7. The van der Waals surface area contributed by atoms with Crippen LogP contribution in [0, 0.1) is 0 Å². The molecule has 3 heterocycles. The van der Waals surface area contributed by atoms with Crippen molar-refractivity contribution in [2.75, 3.05) is 5.75 Å². The first-order chi connectivity index (χ1) is 14.1. The molecular weight excluding hydrogens is 432 g/mol. The molecule has 1 fully saturated rings. The van der Waals surface area contributed by atoms with Crippen LogP contribution >= 0.6 is 11.8 Å². The van der Waals surface area contributed by atoms with Gasteiger partial charge in [-0.05, 0) is 37.8 Å². The second kappa shape index (κ2) is 8.56. The normalized spacial score (nSPS) is 23.8. The van der Waals surface area contributed by atoms with Gasteiger partial charge in [-0.25, -0.2) is 14.6 Å². The van der Waals surface area contributed by atoms with E-state index in [1.807, 2.05) is 0 Å². The van der Waals surface area contributed by atoms with E-state index in [9.17, 15) is 23.7 Å². The molecule has 2 unspecified atom stereocenters. The molecule has 0 bridgehead atoms. The van der Waals surface area contributed by atoms with Gasteiger partial charge < -0.3 is 15.2 Å². The van der Waals surface area contributed by atoms with Gasteiger partial charge >= 0.3 is 12.1 Å². The molecule has 0 spiro atoms. The molecule has 0 saturated carbocycles. The van der Waals surface area contributed by atoms with Crippen LogP contribution in [0.15, 0.2) is 46.4 Å². The molecule has 12 heteroatoms. The number of aliphatic carboxylic acids is 1. The Balaban J connectivity index is 1.78. The number of β-lactam (4-membered cyclic amide) rings is 1. The van der Waals surface area contributed by atoms with E-state index >= 15 is 0 Å². The van der Waals surface area contributed by atoms with Crippen LogP contribution in [0.2, 0.25) is 0 Å². The minimum Gasteiger partial charge on any atom is -0.477 e. The van der Waals surface area contributed by atoms with E-state index in [1.165, 1.54) is 30.2 Å². The van der Waals surface area contributed by atoms with Gasteiger partial charge in [-0.3, -0.25) is 18.9 Å². The van der Waals surface area contributed by atoms with E-state index in [-0.39, 0.29) is 17.0 Å². The van der Waals surface area contributed by atoms with Gasteiger partial charge in [0.25, 0.3) is 5.91 Å². The average Bonchev–Trinajstić information content (AvgIpc) is 2.65. The molecule has 0 radical (unpaired) electrons. The van der Waals surface area contributed by atoms with Crippen molar-refractivity contribution in [2.24, 2.45) is 0 Å². The number of carbonyl (C=O) groups excluding carboxylic acids is 2. The first-order valence-corrected chi connectivity index (χ1v) is 11.1. The number of aromatic nitrogens is 2. The number of hydrogen-bond acceptors (Lipinski definition) is 8. The van der Waals surface area contributed by atoms with Crippen molar-refractivity contribution < 1.29 is 28.4 Å². The lowest BCUT2D eigenvalue weighted by atomic mass is 10.0. The number of thioether (sulfide) groups is 1. The number of carboxylic acids is 1. The minimum atomic E-state index is -1.61. The van der Waals surface area contributed by atoms with Gasteiger partial charge in [0, 0.05) is 12.4 Å². The van der Waals surface area contributed by atoms with Gasteiger partial charge in [-0.1, -0.05) is 11.8 Å². The molecular formula is C18H20N4O6S2. The molecule has 30 heavy (non-hydrogen) atoms. The summed E-state index contributed by atoms with van der Waals surface area (Å²) in [7, 11) is -1.61. The highest BCUT2D eigenvalue weighted by Gasteiger charge is 2.57. The van der Waals surface area contributed by atoms with E-state index in [0.29, 0.717) is 5.03 Å². The molecule has 2 aliphatic rings. The summed E-state index contributed by atoms with van der Waals surface area (Å²) in [6.45, 7) is 5.01. The van der Waals surface area contributed by atoms with Gasteiger partial charge in [-0.2, -0.15) is 0 Å². The predicted molar refractivity (Wildman–Crippen MR) is 108 cm³/mol. The first-order valence-electron chi connectivity index (χ1n) is 8.84. The lowest BCUT2D eigenvalue weighted by molar-refractivity contribution is -0.149. The van der Waals surface area contributed by atoms with Crippen LogP contribution in [0.3, 0.4) is 0 Å². The van der Waals surface area contributed by atoms with E-state index in [2.05, 4.69) is 15.3 Å². The van der Waals surface area contributed by atoms with Gasteiger partial charge in [0.15, 0.2) is 0 Å². The zero-order valence-corrected chi connectivity index (χ0v) is 18.0. The maximum Gasteiger partial charge on any atom is 0.408 e. The van der Waals surface area contributed by atoms with Crippen molar-refractivity contribution in [2.45, 2.75) is 42.8 Å². The molecule has 0 aromatic carbocycles. The molecule has 10 nitrogen and oxygen atoms in total. The highest BCUT2D eigenvalue weighted by Crippen LogP contribution is 2.35. The molecule has 2 aliphatic heterocycles. The van der Waals surface area contributed by atoms with Crippen molar-refractivity contribution >= 4 is 40.5 Å². The summed E-state index contributed by atoms with van der Waals surface area (Å²) in [6, 6.07) is -1.10. The second-order valence-corrected chi connectivity index (χ2v) is 9.85. The highest BCUT2D eigenvalue weighted by molar-refractivity contribution is 8.02. The lowest BCUT2D eigenvalue weighted by Gasteiger charge is -2.48. The molecule has 2 N–H and O–H groups in total. The van der Waals surface area contributed by atoms with Crippen LogP contribution in [-0.4, -0.2) is 64.9 Å². The largest absolute Gasteiger partial charge is 0.477 e. The summed E-state index contributed by atoms with van der Waals surface area (Å²) >= 11 is 1.21. The summed E-state index contributed by atoms with van der Waals surface area (Å²) in [5, 5.41) is 13.3. The quantitative estimate of drug-likeness (QED) is 0.499.